The Morgan fingerprint density at radius 3 is 3.19 bits per heavy atom. The Morgan fingerprint density at radius 2 is 2.43 bits per heavy atom. The number of nitrogens with zero attached hydrogens (tertiary/aromatic N) is 3. The van der Waals surface area contributed by atoms with Crippen LogP contribution in [0, 0.1) is 10.1 Å². The third-order valence-electron chi connectivity index (χ3n) is 3.48. The molecule has 110 valence electrons. The lowest BCUT2D eigenvalue weighted by Crippen LogP contribution is -2.34. The molecular weight excluding hydrogens is 272 g/mol. The Labute approximate surface area is 121 Å². The molecule has 0 aliphatic carbocycles. The van der Waals surface area contributed by atoms with Crippen molar-refractivity contribution in [1.29, 1.82) is 0 Å². The first-order valence-corrected chi connectivity index (χ1v) is 6.80. The van der Waals surface area contributed by atoms with E-state index in [2.05, 4.69) is 10.3 Å². The number of benzene rings is 1. The molecule has 1 aliphatic heterocycles. The number of rotatable bonds is 4. The van der Waals surface area contributed by atoms with Crippen LogP contribution in [0.3, 0.4) is 0 Å². The summed E-state index contributed by atoms with van der Waals surface area (Å²) >= 11 is 0. The Morgan fingerprint density at radius 1 is 1.52 bits per heavy atom. The molecule has 1 fully saturated rings. The average molecular weight is 288 g/mol. The molecule has 0 spiro atoms. The van der Waals surface area contributed by atoms with E-state index in [1.165, 1.54) is 6.07 Å². The predicted molar refractivity (Wildman–Crippen MR) is 76.0 cm³/mol. The molecule has 0 amide bonds. The zero-order valence-electron chi connectivity index (χ0n) is 11.4. The molecule has 1 aromatic heterocycles. The van der Waals surface area contributed by atoms with Crippen LogP contribution in [-0.4, -0.2) is 34.2 Å². The fourth-order valence-corrected chi connectivity index (χ4v) is 2.45. The summed E-state index contributed by atoms with van der Waals surface area (Å²) in [6.45, 7) is 2.82. The lowest BCUT2D eigenvalue weighted by atomic mass is 10.2. The second-order valence-corrected chi connectivity index (χ2v) is 4.94. The molecule has 7 nitrogen and oxygen atoms in total. The maximum Gasteiger partial charge on any atom is 0.269 e. The maximum absolute atomic E-state index is 10.8. The van der Waals surface area contributed by atoms with Gasteiger partial charge in [0.05, 0.1) is 29.7 Å². The molecule has 7 heteroatoms. The van der Waals surface area contributed by atoms with Crippen molar-refractivity contribution < 1.29 is 9.66 Å². The highest BCUT2D eigenvalue weighted by molar-refractivity contribution is 5.34. The molecule has 2 aromatic rings. The van der Waals surface area contributed by atoms with Crippen molar-refractivity contribution in [3.05, 3.63) is 58.2 Å². The molecule has 0 saturated carbocycles. The minimum absolute atomic E-state index is 0.0278. The summed E-state index contributed by atoms with van der Waals surface area (Å²) in [5.74, 6) is 0. The quantitative estimate of drug-likeness (QED) is 0.681. The molecule has 21 heavy (non-hydrogen) atoms. The van der Waals surface area contributed by atoms with Crippen molar-refractivity contribution in [2.75, 3.05) is 19.7 Å². The van der Waals surface area contributed by atoms with Crippen LogP contribution in [0.15, 0.2) is 36.8 Å². The van der Waals surface area contributed by atoms with Crippen LogP contribution in [-0.2, 0) is 11.3 Å². The first-order valence-electron chi connectivity index (χ1n) is 6.80. The summed E-state index contributed by atoms with van der Waals surface area (Å²) in [6, 6.07) is 6.65. The van der Waals surface area contributed by atoms with Gasteiger partial charge < -0.3 is 14.6 Å². The Bertz CT molecular complexity index is 635. The predicted octanol–water partition coefficient (Wildman–Crippen LogP) is 1.50. The number of imidazole rings is 1. The second-order valence-electron chi connectivity index (χ2n) is 4.94. The van der Waals surface area contributed by atoms with Gasteiger partial charge in [0.1, 0.15) is 6.10 Å². The van der Waals surface area contributed by atoms with Gasteiger partial charge in [-0.15, -0.1) is 0 Å². The van der Waals surface area contributed by atoms with E-state index in [1.54, 1.807) is 24.7 Å². The minimum atomic E-state index is -0.382. The summed E-state index contributed by atoms with van der Waals surface area (Å²) in [7, 11) is 0. The van der Waals surface area contributed by atoms with E-state index >= 15 is 0 Å². The van der Waals surface area contributed by atoms with E-state index in [0.29, 0.717) is 13.2 Å². The molecule has 1 unspecified atom stereocenters. The normalized spacial score (nSPS) is 18.6. The topological polar surface area (TPSA) is 82.2 Å². The fourth-order valence-electron chi connectivity index (χ4n) is 2.45. The molecule has 3 rings (SSSR count). The van der Waals surface area contributed by atoms with E-state index in [9.17, 15) is 10.1 Å². The van der Waals surface area contributed by atoms with Crippen molar-refractivity contribution in [2.24, 2.45) is 0 Å². The van der Waals surface area contributed by atoms with Gasteiger partial charge in [-0.3, -0.25) is 10.1 Å². The number of nitro benzene ring substituents is 1. The SMILES string of the molecule is O=[N+]([O-])c1cccc(Cn2cncc2C2CNCCO2)c1. The number of morpholine rings is 1. The smallest absolute Gasteiger partial charge is 0.269 e. The zero-order chi connectivity index (χ0) is 14.7. The molecular formula is C14H16N4O3. The number of aromatic nitrogens is 2. The third-order valence-corrected chi connectivity index (χ3v) is 3.48. The molecule has 1 aromatic carbocycles. The van der Waals surface area contributed by atoms with Crippen molar-refractivity contribution >= 4 is 5.69 Å². The molecule has 1 saturated heterocycles. The highest BCUT2D eigenvalue weighted by Gasteiger charge is 2.19. The highest BCUT2D eigenvalue weighted by atomic mass is 16.6. The number of hydrogen-bond donors (Lipinski definition) is 1. The van der Waals surface area contributed by atoms with Gasteiger partial charge in [0.15, 0.2) is 0 Å². The van der Waals surface area contributed by atoms with E-state index in [-0.39, 0.29) is 16.7 Å². The van der Waals surface area contributed by atoms with Crippen LogP contribution in [0.1, 0.15) is 17.4 Å². The standard InChI is InChI=1S/C14H16N4O3/c19-18(20)12-3-1-2-11(6-12)9-17-10-16-7-13(17)14-8-15-4-5-21-14/h1-3,6-7,10,14-15H,4-5,8-9H2. The summed E-state index contributed by atoms with van der Waals surface area (Å²) in [5.41, 5.74) is 1.95. The monoisotopic (exact) mass is 288 g/mol. The molecule has 1 atom stereocenters. The van der Waals surface area contributed by atoms with Gasteiger partial charge >= 0.3 is 0 Å². The van der Waals surface area contributed by atoms with Gasteiger partial charge in [0.25, 0.3) is 5.69 Å². The molecule has 1 aliphatic rings. The zero-order valence-corrected chi connectivity index (χ0v) is 11.4. The number of non-ortho nitro benzene ring substituents is 1. The summed E-state index contributed by atoms with van der Waals surface area (Å²) < 4.78 is 7.70. The van der Waals surface area contributed by atoms with Crippen molar-refractivity contribution in [1.82, 2.24) is 14.9 Å². The lowest BCUT2D eigenvalue weighted by Gasteiger charge is -2.24. The largest absolute Gasteiger partial charge is 0.369 e. The number of nitro groups is 1. The van der Waals surface area contributed by atoms with Crippen LogP contribution in [0.25, 0.3) is 0 Å². The number of nitrogens with one attached hydrogen (secondary N) is 1. The first-order chi connectivity index (χ1) is 10.2. The molecule has 0 radical (unpaired) electrons. The van der Waals surface area contributed by atoms with E-state index in [1.807, 2.05) is 10.6 Å². The van der Waals surface area contributed by atoms with E-state index in [0.717, 1.165) is 24.3 Å². The van der Waals surface area contributed by atoms with Gasteiger partial charge in [-0.1, -0.05) is 12.1 Å². The first kappa shape index (κ1) is 13.7. The summed E-state index contributed by atoms with van der Waals surface area (Å²) in [6.07, 6.45) is 3.49. The summed E-state index contributed by atoms with van der Waals surface area (Å²) in [4.78, 5) is 14.6. The van der Waals surface area contributed by atoms with Gasteiger partial charge in [-0.25, -0.2) is 4.98 Å². The molecule has 0 bridgehead atoms. The van der Waals surface area contributed by atoms with Gasteiger partial charge in [-0.05, 0) is 5.56 Å². The Balaban J connectivity index is 1.80. The Kier molecular flexibility index (Phi) is 3.94. The highest BCUT2D eigenvalue weighted by Crippen LogP contribution is 2.20. The van der Waals surface area contributed by atoms with Crippen molar-refractivity contribution in [2.45, 2.75) is 12.6 Å². The lowest BCUT2D eigenvalue weighted by molar-refractivity contribution is -0.384. The fraction of sp³-hybridized carbons (Fsp3) is 0.357. The molecule has 1 N–H and O–H groups in total. The molecule has 2 heterocycles. The van der Waals surface area contributed by atoms with Crippen LogP contribution in [0.5, 0.6) is 0 Å². The average Bonchev–Trinajstić information content (AvgIpc) is 2.96. The van der Waals surface area contributed by atoms with Gasteiger partial charge in [-0.2, -0.15) is 0 Å². The van der Waals surface area contributed by atoms with Gasteiger partial charge in [0.2, 0.25) is 0 Å². The van der Waals surface area contributed by atoms with Crippen LogP contribution in [0.2, 0.25) is 0 Å². The van der Waals surface area contributed by atoms with Crippen LogP contribution in [0.4, 0.5) is 5.69 Å². The number of ether oxygens (including phenoxy) is 1. The van der Waals surface area contributed by atoms with E-state index < -0.39 is 0 Å². The maximum atomic E-state index is 10.8. The number of hydrogen-bond acceptors (Lipinski definition) is 5. The van der Waals surface area contributed by atoms with Crippen LogP contribution < -0.4 is 5.32 Å². The van der Waals surface area contributed by atoms with Crippen LogP contribution >= 0.6 is 0 Å². The van der Waals surface area contributed by atoms with Crippen molar-refractivity contribution in [3.63, 3.8) is 0 Å². The van der Waals surface area contributed by atoms with Crippen molar-refractivity contribution in [3.8, 4) is 0 Å². The minimum Gasteiger partial charge on any atom is -0.369 e. The Hall–Kier alpha value is -2.25. The van der Waals surface area contributed by atoms with Gasteiger partial charge in [0, 0.05) is 31.8 Å². The second kappa shape index (κ2) is 6.02. The third kappa shape index (κ3) is 3.09. The van der Waals surface area contributed by atoms with E-state index in [4.69, 9.17) is 4.74 Å². The summed E-state index contributed by atoms with van der Waals surface area (Å²) in [5, 5.41) is 14.1.